The zero-order chi connectivity index (χ0) is 11.7. The Hall–Kier alpha value is -0.570. The number of halogens is 2. The van der Waals surface area contributed by atoms with Crippen molar-refractivity contribution in [2.45, 2.75) is 25.4 Å². The molecule has 0 amide bonds. The predicted molar refractivity (Wildman–Crippen MR) is 63.9 cm³/mol. The molecule has 0 spiro atoms. The van der Waals surface area contributed by atoms with Gasteiger partial charge in [-0.1, -0.05) is 29.3 Å². The highest BCUT2D eigenvalue weighted by molar-refractivity contribution is 6.42. The van der Waals surface area contributed by atoms with Gasteiger partial charge in [-0.25, -0.2) is 0 Å². The first kappa shape index (κ1) is 11.9. The van der Waals surface area contributed by atoms with Crippen molar-refractivity contribution in [1.82, 2.24) is 0 Å². The van der Waals surface area contributed by atoms with Gasteiger partial charge >= 0.3 is 0 Å². The van der Waals surface area contributed by atoms with Gasteiger partial charge in [-0.2, -0.15) is 0 Å². The van der Waals surface area contributed by atoms with E-state index in [1.807, 2.05) is 0 Å². The van der Waals surface area contributed by atoms with Crippen molar-refractivity contribution in [3.63, 3.8) is 0 Å². The van der Waals surface area contributed by atoms with E-state index in [2.05, 4.69) is 0 Å². The number of aliphatic hydroxyl groups excluding tert-OH is 1. The lowest BCUT2D eigenvalue weighted by Gasteiger charge is -2.08. The van der Waals surface area contributed by atoms with Crippen LogP contribution in [0.25, 0.3) is 0 Å². The molecule has 2 nitrogen and oxygen atoms in total. The van der Waals surface area contributed by atoms with Gasteiger partial charge in [0.15, 0.2) is 5.78 Å². The van der Waals surface area contributed by atoms with Crippen LogP contribution in [-0.4, -0.2) is 17.0 Å². The van der Waals surface area contributed by atoms with Crippen LogP contribution in [0.15, 0.2) is 18.2 Å². The maximum absolute atomic E-state index is 11.7. The van der Waals surface area contributed by atoms with Crippen LogP contribution in [0.3, 0.4) is 0 Å². The van der Waals surface area contributed by atoms with Crippen molar-refractivity contribution in [2.75, 3.05) is 0 Å². The maximum atomic E-state index is 11.7. The minimum Gasteiger partial charge on any atom is -0.385 e. The summed E-state index contributed by atoms with van der Waals surface area (Å²) in [4.78, 5) is 11.7. The highest BCUT2D eigenvalue weighted by atomic mass is 35.5. The van der Waals surface area contributed by atoms with Gasteiger partial charge in [-0.05, 0) is 36.5 Å². The van der Waals surface area contributed by atoms with Crippen LogP contribution in [0.4, 0.5) is 0 Å². The van der Waals surface area contributed by atoms with Crippen LogP contribution in [0.1, 0.15) is 18.4 Å². The van der Waals surface area contributed by atoms with E-state index in [9.17, 15) is 9.90 Å². The van der Waals surface area contributed by atoms with E-state index >= 15 is 0 Å². The Morgan fingerprint density at radius 3 is 2.62 bits per heavy atom. The molecular formula is C12H12Cl2O2. The van der Waals surface area contributed by atoms with E-state index in [-0.39, 0.29) is 18.1 Å². The van der Waals surface area contributed by atoms with Gasteiger partial charge in [-0.15, -0.1) is 0 Å². The lowest BCUT2D eigenvalue weighted by Crippen LogP contribution is -2.24. The van der Waals surface area contributed by atoms with Crippen LogP contribution >= 0.6 is 23.2 Å². The molecule has 0 aromatic heterocycles. The minimum absolute atomic E-state index is 0.138. The normalized spacial score (nSPS) is 17.2. The van der Waals surface area contributed by atoms with Gasteiger partial charge in [0.25, 0.3) is 0 Å². The van der Waals surface area contributed by atoms with Gasteiger partial charge in [-0.3, -0.25) is 4.79 Å². The molecule has 1 aliphatic carbocycles. The van der Waals surface area contributed by atoms with Crippen LogP contribution in [-0.2, 0) is 11.2 Å². The molecule has 0 radical (unpaired) electrons. The van der Waals surface area contributed by atoms with Crippen LogP contribution in [0.2, 0.25) is 10.0 Å². The Labute approximate surface area is 104 Å². The first-order chi connectivity index (χ1) is 7.58. The van der Waals surface area contributed by atoms with E-state index < -0.39 is 6.10 Å². The number of carbonyl (C=O) groups is 1. The summed E-state index contributed by atoms with van der Waals surface area (Å²) in [5.74, 6) is 0.0381. The number of aliphatic hydroxyl groups is 1. The molecule has 1 saturated carbocycles. The standard InChI is InChI=1S/C12H12Cl2O2/c13-9-4-1-7(5-10(9)14)6-11(15)12(16)8-2-3-8/h1,4-5,8,12,16H,2-3,6H2. The molecule has 1 aromatic rings. The molecular weight excluding hydrogens is 247 g/mol. The second kappa shape index (κ2) is 4.74. The second-order valence-electron chi connectivity index (χ2n) is 4.17. The molecule has 0 heterocycles. The van der Waals surface area contributed by atoms with Crippen LogP contribution < -0.4 is 0 Å². The number of rotatable bonds is 4. The summed E-state index contributed by atoms with van der Waals surface area (Å²) in [6, 6.07) is 5.09. The van der Waals surface area contributed by atoms with Gasteiger partial charge in [0, 0.05) is 6.42 Å². The summed E-state index contributed by atoms with van der Waals surface area (Å²) < 4.78 is 0. The lowest BCUT2D eigenvalue weighted by molar-refractivity contribution is -0.127. The Morgan fingerprint density at radius 1 is 1.38 bits per heavy atom. The maximum Gasteiger partial charge on any atom is 0.165 e. The SMILES string of the molecule is O=C(Cc1ccc(Cl)c(Cl)c1)C(O)C1CC1. The Bertz CT molecular complexity index is 413. The first-order valence-corrected chi connectivity index (χ1v) is 5.98. The number of hydrogen-bond donors (Lipinski definition) is 1. The molecule has 1 N–H and O–H groups in total. The molecule has 2 rings (SSSR count). The third-order valence-corrected chi connectivity index (χ3v) is 3.50. The van der Waals surface area contributed by atoms with E-state index in [4.69, 9.17) is 23.2 Å². The first-order valence-electron chi connectivity index (χ1n) is 5.22. The van der Waals surface area contributed by atoms with E-state index in [1.54, 1.807) is 18.2 Å². The summed E-state index contributed by atoms with van der Waals surface area (Å²) in [6.45, 7) is 0. The largest absolute Gasteiger partial charge is 0.385 e. The molecule has 0 bridgehead atoms. The molecule has 4 heteroatoms. The summed E-state index contributed by atoms with van der Waals surface area (Å²) in [7, 11) is 0. The lowest BCUT2D eigenvalue weighted by atomic mass is 10.0. The minimum atomic E-state index is -0.811. The summed E-state index contributed by atoms with van der Waals surface area (Å²) in [6.07, 6.45) is 1.31. The molecule has 16 heavy (non-hydrogen) atoms. The molecule has 1 aromatic carbocycles. The van der Waals surface area contributed by atoms with Crippen molar-refractivity contribution in [3.05, 3.63) is 33.8 Å². The predicted octanol–water partition coefficient (Wildman–Crippen LogP) is 2.88. The van der Waals surface area contributed by atoms with Crippen molar-refractivity contribution >= 4 is 29.0 Å². The average molecular weight is 259 g/mol. The van der Waals surface area contributed by atoms with Crippen molar-refractivity contribution in [2.24, 2.45) is 5.92 Å². The van der Waals surface area contributed by atoms with Crippen molar-refractivity contribution in [1.29, 1.82) is 0 Å². The van der Waals surface area contributed by atoms with Gasteiger partial charge in [0.1, 0.15) is 6.10 Å². The highest BCUT2D eigenvalue weighted by Crippen LogP contribution is 2.33. The number of Topliss-reactive ketones (excluding diaryl/α,β-unsaturated/α-hetero) is 1. The second-order valence-corrected chi connectivity index (χ2v) is 4.99. The van der Waals surface area contributed by atoms with Crippen molar-refractivity contribution in [3.8, 4) is 0 Å². The smallest absolute Gasteiger partial charge is 0.165 e. The Balaban J connectivity index is 2.02. The van der Waals surface area contributed by atoms with Crippen LogP contribution in [0.5, 0.6) is 0 Å². The Morgan fingerprint density at radius 2 is 2.06 bits per heavy atom. The van der Waals surface area contributed by atoms with E-state index in [0.717, 1.165) is 18.4 Å². The topological polar surface area (TPSA) is 37.3 Å². The van der Waals surface area contributed by atoms with Gasteiger partial charge in [0.2, 0.25) is 0 Å². The monoisotopic (exact) mass is 258 g/mol. The number of ketones is 1. The quantitative estimate of drug-likeness (QED) is 0.902. The van der Waals surface area contributed by atoms with Gasteiger partial charge in [0.05, 0.1) is 10.0 Å². The fourth-order valence-electron chi connectivity index (χ4n) is 1.63. The fraction of sp³-hybridized carbons (Fsp3) is 0.417. The third kappa shape index (κ3) is 2.76. The molecule has 86 valence electrons. The van der Waals surface area contributed by atoms with E-state index in [0.29, 0.717) is 10.0 Å². The average Bonchev–Trinajstić information content (AvgIpc) is 3.06. The zero-order valence-electron chi connectivity index (χ0n) is 8.62. The summed E-state index contributed by atoms with van der Waals surface area (Å²) in [5.41, 5.74) is 0.791. The molecule has 1 atom stereocenters. The molecule has 1 fully saturated rings. The molecule has 0 aliphatic heterocycles. The zero-order valence-corrected chi connectivity index (χ0v) is 10.1. The Kier molecular flexibility index (Phi) is 3.53. The van der Waals surface area contributed by atoms with Crippen LogP contribution in [0, 0.1) is 5.92 Å². The third-order valence-electron chi connectivity index (χ3n) is 2.76. The van der Waals surface area contributed by atoms with Gasteiger partial charge < -0.3 is 5.11 Å². The van der Waals surface area contributed by atoms with E-state index in [1.165, 1.54) is 0 Å². The summed E-state index contributed by atoms with van der Waals surface area (Å²) >= 11 is 11.6. The number of benzene rings is 1. The summed E-state index contributed by atoms with van der Waals surface area (Å²) in [5, 5.41) is 10.5. The number of carbonyl (C=O) groups excluding carboxylic acids is 1. The van der Waals surface area contributed by atoms with Crippen molar-refractivity contribution < 1.29 is 9.90 Å². The number of hydrogen-bond acceptors (Lipinski definition) is 2. The molecule has 1 unspecified atom stereocenters. The molecule has 1 aliphatic rings. The fourth-order valence-corrected chi connectivity index (χ4v) is 1.95. The highest BCUT2D eigenvalue weighted by Gasteiger charge is 2.34. The molecule has 0 saturated heterocycles.